The van der Waals surface area contributed by atoms with E-state index < -0.39 is 18.1 Å². The van der Waals surface area contributed by atoms with Gasteiger partial charge in [0, 0.05) is 0 Å². The molecule has 0 saturated carbocycles. The molecule has 122 valence electrons. The van der Waals surface area contributed by atoms with Gasteiger partial charge in [0.15, 0.2) is 6.04 Å². The zero-order valence-corrected chi connectivity index (χ0v) is 13.0. The number of aliphatic carboxylic acids is 1. The van der Waals surface area contributed by atoms with E-state index in [-0.39, 0.29) is 19.3 Å². The lowest BCUT2D eigenvalue weighted by atomic mass is 10.2. The van der Waals surface area contributed by atoms with Crippen LogP contribution < -0.4 is 5.32 Å². The van der Waals surface area contributed by atoms with Crippen LogP contribution >= 0.6 is 0 Å². The van der Waals surface area contributed by atoms with Crippen molar-refractivity contribution in [1.29, 1.82) is 0 Å². The maximum absolute atomic E-state index is 11.7. The van der Waals surface area contributed by atoms with Crippen LogP contribution in [0.25, 0.3) is 0 Å². The van der Waals surface area contributed by atoms with E-state index in [1.165, 1.54) is 0 Å². The van der Waals surface area contributed by atoms with E-state index in [0.29, 0.717) is 0 Å². The first-order chi connectivity index (χ1) is 10.6. The van der Waals surface area contributed by atoms with Crippen LogP contribution in [0.15, 0.2) is 30.3 Å². The smallest absolute Gasteiger partial charge is 0.408 e. The largest absolute Gasteiger partial charge is 0.480 e. The van der Waals surface area contributed by atoms with Crippen LogP contribution in [0.4, 0.5) is 4.79 Å². The molecule has 0 aromatic heterocycles. The predicted molar refractivity (Wildman–Crippen MR) is 81.5 cm³/mol. The van der Waals surface area contributed by atoms with Crippen LogP contribution in [0.1, 0.15) is 32.3 Å². The fourth-order valence-electron chi connectivity index (χ4n) is 1.84. The molecule has 0 saturated heterocycles. The van der Waals surface area contributed by atoms with Gasteiger partial charge < -0.3 is 19.9 Å². The minimum Gasteiger partial charge on any atom is -0.480 e. The maximum atomic E-state index is 11.7. The second kappa shape index (κ2) is 9.78. The molecule has 1 atom stereocenters. The molecule has 0 radical (unpaired) electrons. The number of rotatable bonds is 9. The monoisotopic (exact) mass is 309 g/mol. The molecule has 2 N–H and O–H groups in total. The highest BCUT2D eigenvalue weighted by Gasteiger charge is 2.22. The lowest BCUT2D eigenvalue weighted by molar-refractivity contribution is -0.141. The first-order valence-corrected chi connectivity index (χ1v) is 7.38. The lowest BCUT2D eigenvalue weighted by Gasteiger charge is -2.19. The molecular formula is C16H23NO5. The van der Waals surface area contributed by atoms with Crippen LogP contribution in [0.2, 0.25) is 0 Å². The van der Waals surface area contributed by atoms with E-state index >= 15 is 0 Å². The summed E-state index contributed by atoms with van der Waals surface area (Å²) in [6.45, 7) is 3.94. The van der Waals surface area contributed by atoms with Crippen molar-refractivity contribution in [2.75, 3.05) is 6.61 Å². The van der Waals surface area contributed by atoms with Crippen LogP contribution in [-0.4, -0.2) is 35.9 Å². The molecule has 0 bridgehead atoms. The van der Waals surface area contributed by atoms with Gasteiger partial charge in [0.1, 0.15) is 6.61 Å². The third kappa shape index (κ3) is 6.58. The van der Waals surface area contributed by atoms with Gasteiger partial charge in [-0.3, -0.25) is 0 Å². The quantitative estimate of drug-likeness (QED) is 0.732. The molecule has 0 spiro atoms. The number of alkyl carbamates (subject to hydrolysis) is 1. The summed E-state index contributed by atoms with van der Waals surface area (Å²) in [4.78, 5) is 22.8. The Morgan fingerprint density at radius 3 is 2.36 bits per heavy atom. The van der Waals surface area contributed by atoms with Crippen molar-refractivity contribution < 1.29 is 24.2 Å². The SMILES string of the molecule is CCC(CC)OCC(NC(=O)OCc1ccccc1)C(=O)O. The molecule has 0 aliphatic heterocycles. The van der Waals surface area contributed by atoms with Gasteiger partial charge in [0.05, 0.1) is 12.7 Å². The molecule has 6 heteroatoms. The number of hydrogen-bond donors (Lipinski definition) is 2. The van der Waals surface area contributed by atoms with Crippen molar-refractivity contribution in [2.45, 2.75) is 45.4 Å². The molecule has 1 aromatic rings. The van der Waals surface area contributed by atoms with Crippen molar-refractivity contribution in [2.24, 2.45) is 0 Å². The van der Waals surface area contributed by atoms with E-state index in [1.54, 1.807) is 0 Å². The third-order valence-electron chi connectivity index (χ3n) is 3.21. The van der Waals surface area contributed by atoms with Crippen LogP contribution in [0, 0.1) is 0 Å². The van der Waals surface area contributed by atoms with E-state index in [9.17, 15) is 9.59 Å². The molecule has 0 fully saturated rings. The Morgan fingerprint density at radius 2 is 1.82 bits per heavy atom. The number of hydrogen-bond acceptors (Lipinski definition) is 4. The first-order valence-electron chi connectivity index (χ1n) is 7.38. The maximum Gasteiger partial charge on any atom is 0.408 e. The zero-order chi connectivity index (χ0) is 16.4. The number of amides is 1. The van der Waals surface area contributed by atoms with Crippen LogP contribution in [0.3, 0.4) is 0 Å². The Morgan fingerprint density at radius 1 is 1.18 bits per heavy atom. The van der Waals surface area contributed by atoms with E-state index in [2.05, 4.69) is 5.32 Å². The molecule has 22 heavy (non-hydrogen) atoms. The molecular weight excluding hydrogens is 286 g/mol. The normalized spacial score (nSPS) is 12.0. The highest BCUT2D eigenvalue weighted by molar-refractivity contribution is 5.80. The number of carbonyl (C=O) groups excluding carboxylic acids is 1. The fourth-order valence-corrected chi connectivity index (χ4v) is 1.84. The number of carboxylic acid groups (broad SMARTS) is 1. The van der Waals surface area contributed by atoms with E-state index in [1.807, 2.05) is 44.2 Å². The van der Waals surface area contributed by atoms with E-state index in [4.69, 9.17) is 14.6 Å². The van der Waals surface area contributed by atoms with Gasteiger partial charge in [0.25, 0.3) is 0 Å². The van der Waals surface area contributed by atoms with Crippen LogP contribution in [-0.2, 0) is 20.9 Å². The van der Waals surface area contributed by atoms with E-state index in [0.717, 1.165) is 18.4 Å². The molecule has 1 amide bonds. The predicted octanol–water partition coefficient (Wildman–Crippen LogP) is 2.57. The number of carbonyl (C=O) groups is 2. The van der Waals surface area contributed by atoms with Crippen LogP contribution in [0.5, 0.6) is 0 Å². The Hall–Kier alpha value is -2.08. The topological polar surface area (TPSA) is 84.9 Å². The Kier molecular flexibility index (Phi) is 7.99. The Labute approximate surface area is 130 Å². The van der Waals surface area contributed by atoms with Gasteiger partial charge in [-0.1, -0.05) is 44.2 Å². The number of nitrogens with one attached hydrogen (secondary N) is 1. The molecule has 0 heterocycles. The summed E-state index contributed by atoms with van der Waals surface area (Å²) in [5.74, 6) is -1.15. The minimum atomic E-state index is -1.15. The average Bonchev–Trinajstić information content (AvgIpc) is 2.53. The molecule has 1 rings (SSSR count). The molecule has 0 aliphatic rings. The highest BCUT2D eigenvalue weighted by atomic mass is 16.5. The summed E-state index contributed by atoms with van der Waals surface area (Å²) in [5, 5.41) is 11.4. The van der Waals surface area contributed by atoms with Crippen molar-refractivity contribution in [3.8, 4) is 0 Å². The van der Waals surface area contributed by atoms with Gasteiger partial charge in [-0.2, -0.15) is 0 Å². The van der Waals surface area contributed by atoms with Crippen molar-refractivity contribution in [3.05, 3.63) is 35.9 Å². The second-order valence-corrected chi connectivity index (χ2v) is 4.87. The average molecular weight is 309 g/mol. The fraction of sp³-hybridized carbons (Fsp3) is 0.500. The summed E-state index contributed by atoms with van der Waals surface area (Å²) in [6, 6.07) is 8.04. The standard InChI is InChI=1S/C16H23NO5/c1-3-13(4-2)21-11-14(15(18)19)17-16(20)22-10-12-8-6-5-7-9-12/h5-9,13-14H,3-4,10-11H2,1-2H3,(H,17,20)(H,18,19). The Bertz CT molecular complexity index is 459. The molecule has 1 aromatic carbocycles. The number of ether oxygens (including phenoxy) is 2. The van der Waals surface area contributed by atoms with Gasteiger partial charge >= 0.3 is 12.1 Å². The minimum absolute atomic E-state index is 0.0102. The van der Waals surface area contributed by atoms with Gasteiger partial charge in [0.2, 0.25) is 0 Å². The van der Waals surface area contributed by atoms with Crippen molar-refractivity contribution >= 4 is 12.1 Å². The first kappa shape index (κ1) is 18.0. The van der Waals surface area contributed by atoms with Gasteiger partial charge in [-0.25, -0.2) is 9.59 Å². The zero-order valence-electron chi connectivity index (χ0n) is 13.0. The molecule has 0 aliphatic carbocycles. The summed E-state index contributed by atoms with van der Waals surface area (Å²) >= 11 is 0. The number of benzene rings is 1. The third-order valence-corrected chi connectivity index (χ3v) is 3.21. The molecule has 6 nitrogen and oxygen atoms in total. The number of carboxylic acids is 1. The van der Waals surface area contributed by atoms with Crippen molar-refractivity contribution in [1.82, 2.24) is 5.32 Å². The van der Waals surface area contributed by atoms with Gasteiger partial charge in [-0.15, -0.1) is 0 Å². The second-order valence-electron chi connectivity index (χ2n) is 4.87. The van der Waals surface area contributed by atoms with Crippen molar-refractivity contribution in [3.63, 3.8) is 0 Å². The van der Waals surface area contributed by atoms with Gasteiger partial charge in [-0.05, 0) is 18.4 Å². The summed E-state index contributed by atoms with van der Waals surface area (Å²) < 4.78 is 10.5. The highest BCUT2D eigenvalue weighted by Crippen LogP contribution is 2.04. The molecule has 1 unspecified atom stereocenters. The lowest BCUT2D eigenvalue weighted by Crippen LogP contribution is -2.44. The summed E-state index contributed by atoms with van der Waals surface area (Å²) in [7, 11) is 0. The Balaban J connectivity index is 2.41. The summed E-state index contributed by atoms with van der Waals surface area (Å²) in [6.07, 6.45) is 0.802. The summed E-state index contributed by atoms with van der Waals surface area (Å²) in [5.41, 5.74) is 0.831.